The summed E-state index contributed by atoms with van der Waals surface area (Å²) in [6, 6.07) is 3.32. The second-order valence-corrected chi connectivity index (χ2v) is 6.03. The summed E-state index contributed by atoms with van der Waals surface area (Å²) in [5.74, 6) is 0.325. The third kappa shape index (κ3) is 4.63. The highest BCUT2D eigenvalue weighted by Gasteiger charge is 2.26. The molecule has 0 spiro atoms. The summed E-state index contributed by atoms with van der Waals surface area (Å²) in [5.41, 5.74) is 0.409. The highest BCUT2D eigenvalue weighted by molar-refractivity contribution is 6.01. The first-order valence-electron chi connectivity index (χ1n) is 8.28. The molecule has 7 nitrogen and oxygen atoms in total. The van der Waals surface area contributed by atoms with Gasteiger partial charge in [0, 0.05) is 25.1 Å². The number of carboxylic acid groups (broad SMARTS) is 1. The van der Waals surface area contributed by atoms with Gasteiger partial charge >= 0.3 is 5.97 Å². The number of ketones is 1. The number of likely N-dealkylation sites (tertiary alicyclic amines) is 1. The van der Waals surface area contributed by atoms with Gasteiger partial charge < -0.3 is 24.2 Å². The van der Waals surface area contributed by atoms with Crippen molar-refractivity contribution in [3.05, 3.63) is 17.7 Å². The largest absolute Gasteiger partial charge is 0.496 e. The molecule has 1 aliphatic heterocycles. The van der Waals surface area contributed by atoms with Gasteiger partial charge in [-0.2, -0.15) is 0 Å². The Labute approximate surface area is 147 Å². The fraction of sp³-hybridized carbons (Fsp3) is 0.556. The SMILES string of the molecule is COc1cc(OC)c(C(=O)CCN2CCC(C(=O)O)CC2)c(OC)c1. The Morgan fingerprint density at radius 3 is 2.08 bits per heavy atom. The molecule has 138 valence electrons. The van der Waals surface area contributed by atoms with Gasteiger partial charge in [0.15, 0.2) is 5.78 Å². The molecule has 1 aromatic rings. The maximum Gasteiger partial charge on any atom is 0.306 e. The molecule has 1 aliphatic rings. The summed E-state index contributed by atoms with van der Waals surface area (Å²) in [7, 11) is 4.54. The number of carbonyl (C=O) groups excluding carboxylic acids is 1. The minimum Gasteiger partial charge on any atom is -0.496 e. The van der Waals surface area contributed by atoms with Gasteiger partial charge in [-0.3, -0.25) is 9.59 Å². The lowest BCUT2D eigenvalue weighted by Gasteiger charge is -2.29. The van der Waals surface area contributed by atoms with Gasteiger partial charge in [0.1, 0.15) is 22.8 Å². The minimum atomic E-state index is -0.733. The normalized spacial score (nSPS) is 15.6. The van der Waals surface area contributed by atoms with Crippen LogP contribution < -0.4 is 14.2 Å². The number of carbonyl (C=O) groups is 2. The zero-order chi connectivity index (χ0) is 18.4. The number of hydrogen-bond acceptors (Lipinski definition) is 6. The van der Waals surface area contributed by atoms with Crippen molar-refractivity contribution < 1.29 is 28.9 Å². The van der Waals surface area contributed by atoms with Crippen molar-refractivity contribution in [2.45, 2.75) is 19.3 Å². The minimum absolute atomic E-state index is 0.0725. The molecule has 1 N–H and O–H groups in total. The Kier molecular flexibility index (Phi) is 6.64. The molecule has 7 heteroatoms. The third-order valence-electron chi connectivity index (χ3n) is 4.59. The zero-order valence-corrected chi connectivity index (χ0v) is 14.9. The van der Waals surface area contributed by atoms with E-state index in [4.69, 9.17) is 19.3 Å². The van der Waals surface area contributed by atoms with Gasteiger partial charge in [0.2, 0.25) is 0 Å². The van der Waals surface area contributed by atoms with E-state index in [1.165, 1.54) is 21.3 Å². The Morgan fingerprint density at radius 2 is 1.64 bits per heavy atom. The van der Waals surface area contributed by atoms with Crippen LogP contribution in [0.3, 0.4) is 0 Å². The van der Waals surface area contributed by atoms with Crippen LogP contribution in [0, 0.1) is 5.92 Å². The molecule has 0 bridgehead atoms. The molecular formula is C18H25NO6. The smallest absolute Gasteiger partial charge is 0.306 e. The first kappa shape index (κ1) is 19.1. The van der Waals surface area contributed by atoms with E-state index in [-0.39, 0.29) is 11.7 Å². The molecule has 25 heavy (non-hydrogen) atoms. The zero-order valence-electron chi connectivity index (χ0n) is 14.9. The molecule has 1 fully saturated rings. The van der Waals surface area contributed by atoms with Crippen LogP contribution in [0.2, 0.25) is 0 Å². The number of benzene rings is 1. The van der Waals surface area contributed by atoms with Crippen LogP contribution in [-0.4, -0.2) is 62.7 Å². The van der Waals surface area contributed by atoms with Crippen LogP contribution in [0.4, 0.5) is 0 Å². The van der Waals surface area contributed by atoms with Gasteiger partial charge in [0.05, 0.1) is 27.2 Å². The van der Waals surface area contributed by atoms with Gasteiger partial charge in [-0.15, -0.1) is 0 Å². The van der Waals surface area contributed by atoms with Crippen molar-refractivity contribution in [3.8, 4) is 17.2 Å². The van der Waals surface area contributed by atoms with E-state index in [0.717, 1.165) is 0 Å². The van der Waals surface area contributed by atoms with Crippen molar-refractivity contribution >= 4 is 11.8 Å². The fourth-order valence-corrected chi connectivity index (χ4v) is 3.07. The number of methoxy groups -OCH3 is 3. The molecular weight excluding hydrogens is 326 g/mol. The number of Topliss-reactive ketones (excluding diaryl/α,β-unsaturated/α-hetero) is 1. The number of carboxylic acids is 1. The highest BCUT2D eigenvalue weighted by atomic mass is 16.5. The summed E-state index contributed by atoms with van der Waals surface area (Å²) < 4.78 is 15.8. The average molecular weight is 351 g/mol. The predicted molar refractivity (Wildman–Crippen MR) is 91.8 cm³/mol. The molecule has 0 atom stereocenters. The number of piperidine rings is 1. The molecule has 0 amide bonds. The van der Waals surface area contributed by atoms with E-state index in [9.17, 15) is 9.59 Å². The van der Waals surface area contributed by atoms with Crippen LogP contribution in [0.15, 0.2) is 12.1 Å². The lowest BCUT2D eigenvalue weighted by molar-refractivity contribution is -0.143. The molecule has 0 aliphatic carbocycles. The lowest BCUT2D eigenvalue weighted by atomic mass is 9.96. The molecule has 0 radical (unpaired) electrons. The van der Waals surface area contributed by atoms with Crippen molar-refractivity contribution in [1.82, 2.24) is 4.90 Å². The summed E-state index contributed by atoms with van der Waals surface area (Å²) >= 11 is 0. The second-order valence-electron chi connectivity index (χ2n) is 6.03. The van der Waals surface area contributed by atoms with Crippen LogP contribution in [0.5, 0.6) is 17.2 Å². The molecule has 0 aromatic heterocycles. The quantitative estimate of drug-likeness (QED) is 0.718. The number of hydrogen-bond donors (Lipinski definition) is 1. The first-order valence-corrected chi connectivity index (χ1v) is 8.28. The van der Waals surface area contributed by atoms with Gasteiger partial charge in [0.25, 0.3) is 0 Å². The second kappa shape index (κ2) is 8.71. The van der Waals surface area contributed by atoms with Crippen LogP contribution in [-0.2, 0) is 4.79 Å². The molecule has 0 unspecified atom stereocenters. The predicted octanol–water partition coefficient (Wildman–Crippen LogP) is 2.08. The van der Waals surface area contributed by atoms with Crippen molar-refractivity contribution in [2.24, 2.45) is 5.92 Å². The lowest BCUT2D eigenvalue weighted by Crippen LogP contribution is -2.37. The topological polar surface area (TPSA) is 85.3 Å². The maximum absolute atomic E-state index is 12.7. The molecule has 1 saturated heterocycles. The standard InChI is InChI=1S/C18H25NO6/c1-23-13-10-15(24-2)17(16(11-13)25-3)14(20)6-9-19-7-4-12(5-8-19)18(21)22/h10-12H,4-9H2,1-3H3,(H,21,22). The van der Waals surface area contributed by atoms with Crippen molar-refractivity contribution in [2.75, 3.05) is 41.0 Å². The maximum atomic E-state index is 12.7. The summed E-state index contributed by atoms with van der Waals surface area (Å²) in [6.07, 6.45) is 1.56. The van der Waals surface area contributed by atoms with E-state index < -0.39 is 5.97 Å². The van der Waals surface area contributed by atoms with Crippen LogP contribution in [0.25, 0.3) is 0 Å². The Bertz CT molecular complexity index is 597. The van der Waals surface area contributed by atoms with Crippen molar-refractivity contribution in [1.29, 1.82) is 0 Å². The van der Waals surface area contributed by atoms with Gasteiger partial charge in [-0.25, -0.2) is 0 Å². The van der Waals surface area contributed by atoms with Gasteiger partial charge in [-0.1, -0.05) is 0 Å². The van der Waals surface area contributed by atoms with Crippen LogP contribution >= 0.6 is 0 Å². The number of rotatable bonds is 8. The summed E-state index contributed by atoms with van der Waals surface area (Å²) in [4.78, 5) is 25.8. The van der Waals surface area contributed by atoms with Crippen LogP contribution in [0.1, 0.15) is 29.6 Å². The molecule has 0 saturated carbocycles. The van der Waals surface area contributed by atoms with E-state index in [2.05, 4.69) is 4.90 Å². The van der Waals surface area contributed by atoms with Crippen molar-refractivity contribution in [3.63, 3.8) is 0 Å². The number of ether oxygens (including phenoxy) is 3. The van der Waals surface area contributed by atoms with E-state index in [0.29, 0.717) is 61.7 Å². The monoisotopic (exact) mass is 351 g/mol. The first-order chi connectivity index (χ1) is 12.0. The summed E-state index contributed by atoms with van der Waals surface area (Å²) in [6.45, 7) is 1.98. The Balaban J connectivity index is 2.02. The number of aliphatic carboxylic acids is 1. The highest BCUT2D eigenvalue weighted by Crippen LogP contribution is 2.35. The molecule has 1 aromatic carbocycles. The fourth-order valence-electron chi connectivity index (χ4n) is 3.07. The average Bonchev–Trinajstić information content (AvgIpc) is 2.65. The molecule has 2 rings (SSSR count). The summed E-state index contributed by atoms with van der Waals surface area (Å²) in [5, 5.41) is 9.04. The van der Waals surface area contributed by atoms with E-state index in [1.54, 1.807) is 12.1 Å². The third-order valence-corrected chi connectivity index (χ3v) is 4.59. The van der Waals surface area contributed by atoms with E-state index in [1.807, 2.05) is 0 Å². The number of nitrogens with zero attached hydrogens (tertiary/aromatic N) is 1. The van der Waals surface area contributed by atoms with Gasteiger partial charge in [-0.05, 0) is 25.9 Å². The molecule has 1 heterocycles. The Morgan fingerprint density at radius 1 is 1.08 bits per heavy atom. The Hall–Kier alpha value is -2.28. The van der Waals surface area contributed by atoms with E-state index >= 15 is 0 Å².